The van der Waals surface area contributed by atoms with Crippen LogP contribution in [0, 0.1) is 0 Å². The van der Waals surface area contributed by atoms with Crippen molar-refractivity contribution in [3.05, 3.63) is 44.6 Å². The van der Waals surface area contributed by atoms with Crippen LogP contribution in [0.15, 0.2) is 39.2 Å². The van der Waals surface area contributed by atoms with Crippen LogP contribution in [0.4, 0.5) is 0 Å². The van der Waals surface area contributed by atoms with Crippen molar-refractivity contribution in [1.29, 1.82) is 0 Å². The van der Waals surface area contributed by atoms with Gasteiger partial charge in [0.15, 0.2) is 0 Å². The minimum absolute atomic E-state index is 0.164. The molecule has 0 aliphatic carbocycles. The molecule has 1 heterocycles. The van der Waals surface area contributed by atoms with Crippen LogP contribution in [0.25, 0.3) is 8.79 Å². The SMILES string of the molecule is O=c1cc[te]c2ccccc12. The molecule has 0 unspecified atom stereocenters. The van der Waals surface area contributed by atoms with Crippen molar-refractivity contribution >= 4 is 29.2 Å². The van der Waals surface area contributed by atoms with Crippen LogP contribution in [0.5, 0.6) is 0 Å². The molecule has 0 N–H and O–H groups in total. The van der Waals surface area contributed by atoms with Crippen molar-refractivity contribution < 1.29 is 0 Å². The van der Waals surface area contributed by atoms with E-state index in [4.69, 9.17) is 0 Å². The van der Waals surface area contributed by atoms with Crippen molar-refractivity contribution in [1.82, 2.24) is 0 Å². The van der Waals surface area contributed by atoms with E-state index in [1.54, 1.807) is 6.07 Å². The van der Waals surface area contributed by atoms with Gasteiger partial charge in [-0.15, -0.1) is 0 Å². The summed E-state index contributed by atoms with van der Waals surface area (Å²) in [5.74, 6) is 0. The summed E-state index contributed by atoms with van der Waals surface area (Å²) >= 11 is -0.202. The maximum absolute atomic E-state index is 11.2. The molecule has 2 rings (SSSR count). The van der Waals surface area contributed by atoms with Gasteiger partial charge in [0.2, 0.25) is 0 Å². The van der Waals surface area contributed by atoms with Gasteiger partial charge in [0.05, 0.1) is 0 Å². The molecule has 0 bridgehead atoms. The van der Waals surface area contributed by atoms with E-state index < -0.39 is 0 Å². The summed E-state index contributed by atoms with van der Waals surface area (Å²) in [5, 5.41) is 0.914. The Bertz CT molecular complexity index is 425. The summed E-state index contributed by atoms with van der Waals surface area (Å²) in [4.78, 5) is 11.2. The fourth-order valence-electron chi connectivity index (χ4n) is 1.03. The molecular formula is C9H6OTe. The number of fused-ring (bicyclic) bond motifs is 1. The second-order valence-corrected chi connectivity index (χ2v) is 4.99. The molecule has 0 spiro atoms. The van der Waals surface area contributed by atoms with Crippen molar-refractivity contribution in [2.45, 2.75) is 0 Å². The van der Waals surface area contributed by atoms with Gasteiger partial charge in [0, 0.05) is 0 Å². The summed E-state index contributed by atoms with van der Waals surface area (Å²) in [6, 6.07) is 9.58. The third kappa shape index (κ3) is 1.24. The quantitative estimate of drug-likeness (QED) is 0.650. The zero-order valence-electron chi connectivity index (χ0n) is 5.78. The van der Waals surface area contributed by atoms with Gasteiger partial charge in [0.1, 0.15) is 0 Å². The molecular weight excluding hydrogens is 252 g/mol. The predicted octanol–water partition coefficient (Wildman–Crippen LogP) is 1.26. The van der Waals surface area contributed by atoms with E-state index >= 15 is 0 Å². The van der Waals surface area contributed by atoms with Gasteiger partial charge in [0.25, 0.3) is 0 Å². The molecule has 0 saturated heterocycles. The summed E-state index contributed by atoms with van der Waals surface area (Å²) in [5.41, 5.74) is 0.164. The van der Waals surface area contributed by atoms with Gasteiger partial charge in [-0.1, -0.05) is 0 Å². The molecule has 0 fully saturated rings. The normalized spacial score (nSPS) is 10.2. The van der Waals surface area contributed by atoms with E-state index in [2.05, 4.69) is 6.07 Å². The third-order valence-electron chi connectivity index (χ3n) is 1.57. The first-order chi connectivity index (χ1) is 5.38. The molecule has 0 aliphatic heterocycles. The first-order valence-electron chi connectivity index (χ1n) is 3.34. The fourth-order valence-corrected chi connectivity index (χ4v) is 3.29. The summed E-state index contributed by atoms with van der Waals surface area (Å²) in [6.07, 6.45) is 0. The van der Waals surface area contributed by atoms with Crippen LogP contribution in [-0.2, 0) is 0 Å². The van der Waals surface area contributed by atoms with Crippen molar-refractivity contribution in [3.63, 3.8) is 0 Å². The Balaban J connectivity index is 3.03. The van der Waals surface area contributed by atoms with Crippen LogP contribution in [0.1, 0.15) is 0 Å². The number of hydrogen-bond donors (Lipinski definition) is 0. The Hall–Kier alpha value is -0.580. The van der Waals surface area contributed by atoms with E-state index in [-0.39, 0.29) is 25.9 Å². The van der Waals surface area contributed by atoms with Crippen LogP contribution >= 0.6 is 0 Å². The Morgan fingerprint density at radius 3 is 2.73 bits per heavy atom. The average Bonchev–Trinajstić information content (AvgIpc) is 2.06. The Morgan fingerprint density at radius 1 is 1.09 bits per heavy atom. The monoisotopic (exact) mass is 260 g/mol. The first kappa shape index (κ1) is 7.09. The first-order valence-corrected chi connectivity index (χ1v) is 5.85. The molecule has 0 saturated carbocycles. The molecule has 1 aromatic heterocycles. The van der Waals surface area contributed by atoms with Crippen LogP contribution in [0.3, 0.4) is 0 Å². The maximum atomic E-state index is 11.2. The number of hydrogen-bond acceptors (Lipinski definition) is 1. The zero-order chi connectivity index (χ0) is 7.68. The summed E-state index contributed by atoms with van der Waals surface area (Å²) < 4.78 is 3.31. The summed E-state index contributed by atoms with van der Waals surface area (Å²) in [6.45, 7) is 0. The van der Waals surface area contributed by atoms with E-state index in [0.717, 1.165) is 5.39 Å². The Kier molecular flexibility index (Phi) is 1.81. The van der Waals surface area contributed by atoms with Crippen LogP contribution in [0.2, 0.25) is 0 Å². The number of rotatable bonds is 0. The molecule has 2 aromatic rings. The fraction of sp³-hybridized carbons (Fsp3) is 0. The van der Waals surface area contributed by atoms with Gasteiger partial charge in [-0.2, -0.15) is 0 Å². The molecule has 11 heavy (non-hydrogen) atoms. The summed E-state index contributed by atoms with van der Waals surface area (Å²) in [7, 11) is 0. The minimum atomic E-state index is -0.202. The van der Waals surface area contributed by atoms with Gasteiger partial charge in [-0.05, 0) is 0 Å². The van der Waals surface area contributed by atoms with Gasteiger partial charge in [-0.25, -0.2) is 0 Å². The third-order valence-corrected chi connectivity index (χ3v) is 4.08. The standard InChI is InChI=1S/C9H6OTe/c10-8-5-6-11-9-4-2-1-3-7(8)9/h1-6H. The number of benzene rings is 1. The Morgan fingerprint density at radius 2 is 1.91 bits per heavy atom. The molecule has 0 amide bonds. The van der Waals surface area contributed by atoms with E-state index in [1.807, 2.05) is 22.3 Å². The van der Waals surface area contributed by atoms with E-state index in [0.29, 0.717) is 0 Å². The van der Waals surface area contributed by atoms with Gasteiger partial charge < -0.3 is 0 Å². The second-order valence-electron chi connectivity index (χ2n) is 2.28. The van der Waals surface area contributed by atoms with Crippen molar-refractivity contribution in [2.75, 3.05) is 0 Å². The predicted molar refractivity (Wildman–Crippen MR) is 47.2 cm³/mol. The molecule has 1 nitrogen and oxygen atoms in total. The molecule has 0 radical (unpaired) electrons. The average molecular weight is 258 g/mol. The van der Waals surface area contributed by atoms with Crippen molar-refractivity contribution in [2.24, 2.45) is 0 Å². The molecule has 54 valence electrons. The van der Waals surface area contributed by atoms with Crippen LogP contribution in [-0.4, -0.2) is 20.4 Å². The van der Waals surface area contributed by atoms with Gasteiger partial charge >= 0.3 is 73.9 Å². The topological polar surface area (TPSA) is 17.1 Å². The molecule has 1 aromatic carbocycles. The van der Waals surface area contributed by atoms with Gasteiger partial charge in [-0.3, -0.25) is 0 Å². The molecule has 2 heteroatoms. The van der Waals surface area contributed by atoms with E-state index in [1.165, 1.54) is 3.40 Å². The Labute approximate surface area is 73.9 Å². The van der Waals surface area contributed by atoms with E-state index in [9.17, 15) is 4.79 Å². The zero-order valence-corrected chi connectivity index (χ0v) is 8.11. The molecule has 0 atom stereocenters. The second kappa shape index (κ2) is 2.81. The van der Waals surface area contributed by atoms with Crippen LogP contribution < -0.4 is 5.43 Å². The molecule has 0 aliphatic rings. The van der Waals surface area contributed by atoms with Crippen molar-refractivity contribution in [3.8, 4) is 0 Å².